The van der Waals surface area contributed by atoms with E-state index in [0.717, 1.165) is 25.9 Å². The summed E-state index contributed by atoms with van der Waals surface area (Å²) in [7, 11) is 0. The Balaban J connectivity index is 1.30. The number of rotatable bonds is 9. The van der Waals surface area contributed by atoms with Crippen LogP contribution < -0.4 is 10.6 Å². The predicted octanol–water partition coefficient (Wildman–Crippen LogP) is 3.90. The molecule has 3 aromatic rings. The van der Waals surface area contributed by atoms with Gasteiger partial charge in [0, 0.05) is 32.5 Å². The summed E-state index contributed by atoms with van der Waals surface area (Å²) in [5.41, 5.74) is 0.173. The van der Waals surface area contributed by atoms with Crippen molar-refractivity contribution in [2.45, 2.75) is 62.1 Å². The van der Waals surface area contributed by atoms with Crippen molar-refractivity contribution in [3.8, 4) is 0 Å². The van der Waals surface area contributed by atoms with Gasteiger partial charge in [-0.05, 0) is 97.8 Å². The molecule has 0 aromatic heterocycles. The van der Waals surface area contributed by atoms with E-state index in [1.54, 1.807) is 0 Å². The second-order valence-electron chi connectivity index (χ2n) is 13.2. The number of β-amino-alcohol motifs (C(OH)–C–C–N with tert-alkyl or cyclic N) is 1. The van der Waals surface area contributed by atoms with Crippen LogP contribution in [0.5, 0.6) is 0 Å². The number of nitrogens with zero attached hydrogens (tertiary/aromatic N) is 2. The summed E-state index contributed by atoms with van der Waals surface area (Å²) in [6, 6.07) is 15.1. The van der Waals surface area contributed by atoms with Crippen molar-refractivity contribution in [2.75, 3.05) is 32.7 Å². The summed E-state index contributed by atoms with van der Waals surface area (Å²) in [4.78, 5) is 44.8. The molecule has 0 bridgehead atoms. The van der Waals surface area contributed by atoms with Gasteiger partial charge in [-0.3, -0.25) is 14.4 Å². The number of carbonyl (C=O) groups is 3. The zero-order valence-corrected chi connectivity index (χ0v) is 26.7. The molecule has 0 spiro atoms. The van der Waals surface area contributed by atoms with Gasteiger partial charge in [-0.15, -0.1) is 0 Å². The zero-order valence-electron chi connectivity index (χ0n) is 26.7. The number of aliphatic hydroxyl groups excluding tert-OH is 1. The van der Waals surface area contributed by atoms with E-state index < -0.39 is 52.9 Å². The first-order chi connectivity index (χ1) is 23.2. The lowest BCUT2D eigenvalue weighted by molar-refractivity contribution is -0.146. The first-order valence-electron chi connectivity index (χ1n) is 16.7. The largest absolute Gasteiger partial charge is 0.391 e. The Morgan fingerprint density at radius 2 is 1.29 bits per heavy atom. The second kappa shape index (κ2) is 14.5. The fourth-order valence-corrected chi connectivity index (χ4v) is 7.60. The number of nitrogens with one attached hydrogen (secondary N) is 2. The Labute approximate surface area is 278 Å². The van der Waals surface area contributed by atoms with Crippen LogP contribution in [0.1, 0.15) is 55.2 Å². The van der Waals surface area contributed by atoms with Gasteiger partial charge in [0.1, 0.15) is 29.5 Å². The van der Waals surface area contributed by atoms with Crippen LogP contribution in [0, 0.1) is 23.4 Å². The van der Waals surface area contributed by atoms with E-state index in [1.807, 2.05) is 0 Å². The summed E-state index contributed by atoms with van der Waals surface area (Å²) < 4.78 is 42.5. The highest BCUT2D eigenvalue weighted by Gasteiger charge is 2.47. The number of halogens is 3. The van der Waals surface area contributed by atoms with Gasteiger partial charge in [-0.1, -0.05) is 36.4 Å². The quantitative estimate of drug-likeness (QED) is 0.302. The van der Waals surface area contributed by atoms with Crippen LogP contribution in [0.3, 0.4) is 0 Å². The van der Waals surface area contributed by atoms with E-state index in [0.29, 0.717) is 48.5 Å². The fourth-order valence-electron chi connectivity index (χ4n) is 7.60. The van der Waals surface area contributed by atoms with Crippen LogP contribution in [0.4, 0.5) is 13.2 Å². The van der Waals surface area contributed by atoms with E-state index in [2.05, 4.69) is 10.6 Å². The molecular formula is C37H41F3N4O4. The molecule has 6 rings (SSSR count). The number of hydrogen-bond donors (Lipinski definition) is 3. The number of carbonyl (C=O) groups excluding carboxylic acids is 3. The van der Waals surface area contributed by atoms with Crippen LogP contribution in [0.25, 0.3) is 0 Å². The molecule has 3 saturated heterocycles. The Kier molecular flexibility index (Phi) is 10.2. The molecule has 11 heteroatoms. The first-order valence-corrected chi connectivity index (χ1v) is 16.7. The number of benzene rings is 3. The number of piperidine rings is 1. The number of likely N-dealkylation sites (tertiary alicyclic amines) is 2. The Morgan fingerprint density at radius 3 is 1.81 bits per heavy atom. The van der Waals surface area contributed by atoms with E-state index in [9.17, 15) is 32.7 Å². The highest BCUT2D eigenvalue weighted by atomic mass is 19.1. The monoisotopic (exact) mass is 662 g/mol. The van der Waals surface area contributed by atoms with E-state index in [4.69, 9.17) is 0 Å². The third-order valence-corrected chi connectivity index (χ3v) is 10.2. The number of hydrogen-bond acceptors (Lipinski definition) is 5. The molecule has 0 saturated carbocycles. The maximum Gasteiger partial charge on any atom is 0.246 e. The molecule has 3 aliphatic rings. The van der Waals surface area contributed by atoms with Crippen molar-refractivity contribution in [3.05, 3.63) is 107 Å². The molecule has 3 aliphatic heterocycles. The molecule has 3 heterocycles. The molecular weight excluding hydrogens is 621 g/mol. The van der Waals surface area contributed by atoms with Gasteiger partial charge in [0.15, 0.2) is 0 Å². The van der Waals surface area contributed by atoms with Crippen LogP contribution in [0.15, 0.2) is 72.8 Å². The molecule has 3 fully saturated rings. The Morgan fingerprint density at radius 1 is 0.771 bits per heavy atom. The van der Waals surface area contributed by atoms with Crippen molar-refractivity contribution in [1.29, 1.82) is 0 Å². The molecule has 48 heavy (non-hydrogen) atoms. The van der Waals surface area contributed by atoms with E-state index >= 15 is 0 Å². The van der Waals surface area contributed by atoms with Gasteiger partial charge in [-0.25, -0.2) is 13.2 Å². The SMILES string of the molecule is O=C(NCC1CCNCC1)[C@@H]1CCCN1C(=O)C1C[C@@H](O)CN1C(=O)CC(c1ccc(F)cc1)(c1ccc(F)cc1)c1ccc(F)cc1. The average Bonchev–Trinajstić information content (AvgIpc) is 3.75. The highest BCUT2D eigenvalue weighted by Crippen LogP contribution is 2.43. The zero-order chi connectivity index (χ0) is 33.8. The van der Waals surface area contributed by atoms with Crippen molar-refractivity contribution in [3.63, 3.8) is 0 Å². The Hall–Kier alpha value is -4.22. The maximum absolute atomic E-state index is 14.5. The molecule has 1 unspecified atom stereocenters. The summed E-state index contributed by atoms with van der Waals surface area (Å²) in [5, 5.41) is 17.1. The fraction of sp³-hybridized carbons (Fsp3) is 0.432. The normalized spacial score (nSPS) is 21.8. The van der Waals surface area contributed by atoms with E-state index in [-0.39, 0.29) is 25.3 Å². The summed E-state index contributed by atoms with van der Waals surface area (Å²) >= 11 is 0. The third kappa shape index (κ3) is 6.98. The van der Waals surface area contributed by atoms with Gasteiger partial charge >= 0.3 is 0 Å². The number of amides is 3. The molecule has 3 aromatic carbocycles. The predicted molar refractivity (Wildman–Crippen MR) is 173 cm³/mol. The molecule has 3 N–H and O–H groups in total. The van der Waals surface area contributed by atoms with Crippen LogP contribution >= 0.6 is 0 Å². The van der Waals surface area contributed by atoms with Crippen molar-refractivity contribution in [1.82, 2.24) is 20.4 Å². The molecule has 0 radical (unpaired) electrons. The van der Waals surface area contributed by atoms with Gasteiger partial charge in [0.2, 0.25) is 17.7 Å². The van der Waals surface area contributed by atoms with Gasteiger partial charge in [-0.2, -0.15) is 0 Å². The molecule has 254 valence electrons. The summed E-state index contributed by atoms with van der Waals surface area (Å²) in [6.07, 6.45) is 1.86. The highest BCUT2D eigenvalue weighted by molar-refractivity contribution is 5.93. The van der Waals surface area contributed by atoms with Gasteiger partial charge in [0.25, 0.3) is 0 Å². The summed E-state index contributed by atoms with van der Waals surface area (Å²) in [5.74, 6) is -2.19. The van der Waals surface area contributed by atoms with Crippen molar-refractivity contribution < 1.29 is 32.7 Å². The average molecular weight is 663 g/mol. The lowest BCUT2D eigenvalue weighted by Crippen LogP contribution is -2.54. The van der Waals surface area contributed by atoms with Crippen LogP contribution in [-0.2, 0) is 19.8 Å². The molecule has 8 nitrogen and oxygen atoms in total. The van der Waals surface area contributed by atoms with Gasteiger partial charge in [0.05, 0.1) is 11.5 Å². The minimum absolute atomic E-state index is 0.0150. The van der Waals surface area contributed by atoms with E-state index in [1.165, 1.54) is 82.6 Å². The second-order valence-corrected chi connectivity index (χ2v) is 13.2. The van der Waals surface area contributed by atoms with Gasteiger partial charge < -0.3 is 25.5 Å². The maximum atomic E-state index is 14.5. The number of aliphatic hydroxyl groups is 1. The standard InChI is InChI=1S/C37H41F3N4O4/c38-28-9-3-25(4-10-28)37(26-5-11-29(39)12-6-26,27-7-13-30(40)14-8-27)21-34(46)44-23-31(45)20-33(44)36(48)43-19-1-2-32(43)35(47)42-22-24-15-17-41-18-16-24/h3-14,24,31-33,41,45H,1-2,15-23H2,(H,42,47)/t31-,32+,33?/m1/s1. The smallest absolute Gasteiger partial charge is 0.246 e. The molecule has 3 amide bonds. The topological polar surface area (TPSA) is 102 Å². The minimum atomic E-state index is -1.34. The van der Waals surface area contributed by atoms with Crippen LogP contribution in [-0.4, -0.2) is 83.5 Å². The lowest BCUT2D eigenvalue weighted by Gasteiger charge is -2.38. The first kappa shape index (κ1) is 33.7. The van der Waals surface area contributed by atoms with Crippen molar-refractivity contribution in [2.24, 2.45) is 5.92 Å². The van der Waals surface area contributed by atoms with Crippen LogP contribution in [0.2, 0.25) is 0 Å². The summed E-state index contributed by atoms with van der Waals surface area (Å²) in [6.45, 7) is 2.63. The van der Waals surface area contributed by atoms with Crippen molar-refractivity contribution >= 4 is 17.7 Å². The molecule has 3 atom stereocenters. The Bertz CT molecular complexity index is 1490. The lowest BCUT2D eigenvalue weighted by atomic mass is 9.67. The third-order valence-electron chi connectivity index (χ3n) is 10.2. The molecule has 0 aliphatic carbocycles. The minimum Gasteiger partial charge on any atom is -0.391 e.